The molecule has 0 aliphatic rings. The number of benzene rings is 1. The second-order valence-corrected chi connectivity index (χ2v) is 7.06. The molecule has 0 fully saturated rings. The van der Waals surface area contributed by atoms with Gasteiger partial charge in [-0.3, -0.25) is 9.97 Å². The monoisotopic (exact) mass is 414 g/mol. The summed E-state index contributed by atoms with van der Waals surface area (Å²) in [5, 5.41) is 12.5. The average Bonchev–Trinajstić information content (AvgIpc) is 3.16. The van der Waals surface area contributed by atoms with Crippen molar-refractivity contribution >= 4 is 34.2 Å². The van der Waals surface area contributed by atoms with Gasteiger partial charge in [0.1, 0.15) is 5.76 Å². The Morgan fingerprint density at radius 3 is 2.46 bits per heavy atom. The molecule has 28 heavy (non-hydrogen) atoms. The molecule has 1 atom stereocenters. The van der Waals surface area contributed by atoms with Crippen molar-refractivity contribution in [1.29, 1.82) is 0 Å². The molecule has 1 N–H and O–H groups in total. The second kappa shape index (κ2) is 7.80. The molecule has 0 amide bonds. The molecule has 0 saturated carbocycles. The number of furan rings is 1. The summed E-state index contributed by atoms with van der Waals surface area (Å²) in [5.41, 5.74) is 2.79. The van der Waals surface area contributed by atoms with E-state index in [1.54, 1.807) is 25.6 Å². The van der Waals surface area contributed by atoms with Crippen LogP contribution in [-0.4, -0.2) is 22.2 Å². The van der Waals surface area contributed by atoms with E-state index >= 15 is 0 Å². The first-order valence-corrected chi connectivity index (χ1v) is 9.31. The van der Waals surface area contributed by atoms with Gasteiger partial charge in [-0.1, -0.05) is 29.3 Å². The number of ether oxygens (including phenoxy) is 1. The van der Waals surface area contributed by atoms with Gasteiger partial charge >= 0.3 is 0 Å². The summed E-state index contributed by atoms with van der Waals surface area (Å²) in [6.45, 7) is 0. The van der Waals surface area contributed by atoms with Crippen molar-refractivity contribution in [1.82, 2.24) is 9.97 Å². The molecular weight excluding hydrogens is 399 g/mol. The van der Waals surface area contributed by atoms with Crippen molar-refractivity contribution in [3.63, 3.8) is 0 Å². The maximum atomic E-state index is 10.9. The van der Waals surface area contributed by atoms with Crippen molar-refractivity contribution in [2.75, 3.05) is 7.11 Å². The molecular formula is C21H16Cl2N2O3. The van der Waals surface area contributed by atoms with E-state index in [0.717, 1.165) is 10.9 Å². The van der Waals surface area contributed by atoms with Gasteiger partial charge in [-0.05, 0) is 35.4 Å². The summed E-state index contributed by atoms with van der Waals surface area (Å²) in [5.74, 6) is 1.25. The number of methoxy groups -OCH3 is 1. The minimum atomic E-state index is -0.839. The molecule has 1 unspecified atom stereocenters. The zero-order chi connectivity index (χ0) is 19.7. The van der Waals surface area contributed by atoms with Gasteiger partial charge in [-0.15, -0.1) is 0 Å². The molecule has 1 aromatic carbocycles. The fraction of sp³-hybridized carbons (Fsp3) is 0.143. The summed E-state index contributed by atoms with van der Waals surface area (Å²) < 4.78 is 11.5. The van der Waals surface area contributed by atoms with Gasteiger partial charge in [0.05, 0.1) is 23.3 Å². The van der Waals surface area contributed by atoms with Crippen LogP contribution in [0.4, 0.5) is 0 Å². The first kappa shape index (κ1) is 18.7. The number of fused-ring (bicyclic) bond motifs is 1. The zero-order valence-corrected chi connectivity index (χ0v) is 16.4. The Kier molecular flexibility index (Phi) is 5.22. The number of pyridine rings is 2. The SMILES string of the molecule is COc1ccc(C(O)Cc2c(Cl)cncc2Cl)c2cc(-c3ccncc3)oc12. The van der Waals surface area contributed by atoms with Crippen LogP contribution in [0.3, 0.4) is 0 Å². The molecule has 5 nitrogen and oxygen atoms in total. The summed E-state index contributed by atoms with van der Waals surface area (Å²) in [7, 11) is 1.58. The highest BCUT2D eigenvalue weighted by atomic mass is 35.5. The van der Waals surface area contributed by atoms with Crippen LogP contribution in [0.25, 0.3) is 22.3 Å². The summed E-state index contributed by atoms with van der Waals surface area (Å²) >= 11 is 12.4. The lowest BCUT2D eigenvalue weighted by atomic mass is 9.98. The maximum absolute atomic E-state index is 10.9. The van der Waals surface area contributed by atoms with Gasteiger partial charge < -0.3 is 14.3 Å². The molecule has 3 heterocycles. The number of hydrogen-bond acceptors (Lipinski definition) is 5. The van der Waals surface area contributed by atoms with Crippen LogP contribution >= 0.6 is 23.2 Å². The smallest absolute Gasteiger partial charge is 0.177 e. The predicted octanol–water partition coefficient (Wildman–Crippen LogP) is 5.48. The van der Waals surface area contributed by atoms with Gasteiger partial charge in [0.15, 0.2) is 11.3 Å². The van der Waals surface area contributed by atoms with E-state index in [9.17, 15) is 5.11 Å². The lowest BCUT2D eigenvalue weighted by Crippen LogP contribution is -2.04. The number of nitrogens with zero attached hydrogens (tertiary/aromatic N) is 2. The van der Waals surface area contributed by atoms with Crippen LogP contribution in [0.1, 0.15) is 17.2 Å². The van der Waals surface area contributed by atoms with E-state index in [1.165, 1.54) is 12.4 Å². The van der Waals surface area contributed by atoms with E-state index in [1.807, 2.05) is 24.3 Å². The van der Waals surface area contributed by atoms with Gasteiger partial charge in [-0.25, -0.2) is 0 Å². The minimum absolute atomic E-state index is 0.247. The molecule has 4 aromatic rings. The van der Waals surface area contributed by atoms with Crippen molar-refractivity contribution in [2.45, 2.75) is 12.5 Å². The normalized spacial score (nSPS) is 12.3. The first-order valence-electron chi connectivity index (χ1n) is 8.55. The summed E-state index contributed by atoms with van der Waals surface area (Å²) in [6.07, 6.45) is 5.83. The Bertz CT molecular complexity index is 1110. The molecule has 0 aliphatic heterocycles. The highest BCUT2D eigenvalue weighted by Gasteiger charge is 2.20. The van der Waals surface area contributed by atoms with Crippen molar-refractivity contribution in [3.8, 4) is 17.1 Å². The predicted molar refractivity (Wildman–Crippen MR) is 109 cm³/mol. The third kappa shape index (κ3) is 3.44. The van der Waals surface area contributed by atoms with Crippen molar-refractivity contribution in [2.24, 2.45) is 0 Å². The maximum Gasteiger partial charge on any atom is 0.177 e. The molecule has 0 radical (unpaired) electrons. The molecule has 142 valence electrons. The van der Waals surface area contributed by atoms with Gasteiger partial charge in [0, 0.05) is 42.2 Å². The Labute approximate surface area is 171 Å². The van der Waals surface area contributed by atoms with Gasteiger partial charge in [-0.2, -0.15) is 0 Å². The molecule has 0 bridgehead atoms. The highest BCUT2D eigenvalue weighted by molar-refractivity contribution is 6.35. The topological polar surface area (TPSA) is 68.4 Å². The van der Waals surface area contributed by atoms with Crippen LogP contribution in [-0.2, 0) is 6.42 Å². The lowest BCUT2D eigenvalue weighted by Gasteiger charge is -2.15. The largest absolute Gasteiger partial charge is 0.493 e. The van der Waals surface area contributed by atoms with Crippen molar-refractivity contribution < 1.29 is 14.3 Å². The first-order chi connectivity index (χ1) is 13.6. The van der Waals surface area contributed by atoms with Crippen LogP contribution in [0.5, 0.6) is 5.75 Å². The number of hydrogen-bond donors (Lipinski definition) is 1. The Morgan fingerprint density at radius 2 is 1.79 bits per heavy atom. The summed E-state index contributed by atoms with van der Waals surface area (Å²) in [4.78, 5) is 7.98. The standard InChI is InChI=1S/C21H16Cl2N2O3/c1-27-19-3-2-13(18(26)8-15-16(22)10-25-11-17(15)23)14-9-20(28-21(14)19)12-4-6-24-7-5-12/h2-7,9-11,18,26H,8H2,1H3. The average molecular weight is 415 g/mol. The minimum Gasteiger partial charge on any atom is -0.493 e. The number of aliphatic hydroxyl groups excluding tert-OH is 1. The molecule has 0 aliphatic carbocycles. The summed E-state index contributed by atoms with van der Waals surface area (Å²) in [6, 6.07) is 9.20. The number of aromatic nitrogens is 2. The third-order valence-corrected chi connectivity index (χ3v) is 5.23. The van der Waals surface area contributed by atoms with Gasteiger partial charge in [0.25, 0.3) is 0 Å². The van der Waals surface area contributed by atoms with Gasteiger partial charge in [0.2, 0.25) is 0 Å². The molecule has 4 rings (SSSR count). The molecule has 0 spiro atoms. The Hall–Kier alpha value is -2.60. The highest BCUT2D eigenvalue weighted by Crippen LogP contribution is 2.39. The number of rotatable bonds is 5. The Morgan fingerprint density at radius 1 is 1.07 bits per heavy atom. The lowest BCUT2D eigenvalue weighted by molar-refractivity contribution is 0.180. The van der Waals surface area contributed by atoms with E-state index < -0.39 is 6.10 Å². The number of aliphatic hydroxyl groups is 1. The van der Waals surface area contributed by atoms with E-state index in [2.05, 4.69) is 9.97 Å². The second-order valence-electron chi connectivity index (χ2n) is 6.25. The molecule has 0 saturated heterocycles. The van der Waals surface area contributed by atoms with E-state index in [0.29, 0.717) is 38.3 Å². The third-order valence-electron chi connectivity index (χ3n) is 4.57. The van der Waals surface area contributed by atoms with E-state index in [4.69, 9.17) is 32.4 Å². The zero-order valence-electron chi connectivity index (χ0n) is 14.9. The number of halogens is 2. The van der Waals surface area contributed by atoms with Crippen LogP contribution < -0.4 is 4.74 Å². The van der Waals surface area contributed by atoms with Crippen LogP contribution in [0, 0.1) is 0 Å². The molecule has 7 heteroatoms. The van der Waals surface area contributed by atoms with Crippen molar-refractivity contribution in [3.05, 3.63) is 76.3 Å². The molecule has 3 aromatic heterocycles. The fourth-order valence-corrected chi connectivity index (χ4v) is 3.68. The fourth-order valence-electron chi connectivity index (χ4n) is 3.17. The van der Waals surface area contributed by atoms with Crippen LogP contribution in [0.15, 0.2) is 59.5 Å². The Balaban J connectivity index is 1.79. The van der Waals surface area contributed by atoms with Crippen LogP contribution in [0.2, 0.25) is 10.0 Å². The quantitative estimate of drug-likeness (QED) is 0.468. The van der Waals surface area contributed by atoms with E-state index in [-0.39, 0.29) is 6.42 Å².